The lowest BCUT2D eigenvalue weighted by Gasteiger charge is -2.23. The smallest absolute Gasteiger partial charge is 0.305 e. The fourth-order valence-electron chi connectivity index (χ4n) is 2.83. The molecule has 5 heteroatoms. The number of ether oxygens (including phenoxy) is 1. The highest BCUT2D eigenvalue weighted by molar-refractivity contribution is 5.69. The van der Waals surface area contributed by atoms with E-state index in [-0.39, 0.29) is 11.7 Å². The van der Waals surface area contributed by atoms with Crippen molar-refractivity contribution in [2.45, 2.75) is 52.4 Å². The van der Waals surface area contributed by atoms with E-state index in [1.165, 1.54) is 25.3 Å². The molecule has 154 valence electrons. The van der Waals surface area contributed by atoms with Crippen molar-refractivity contribution in [2.24, 2.45) is 0 Å². The van der Waals surface area contributed by atoms with Crippen LogP contribution in [0.3, 0.4) is 0 Å². The Hall–Kier alpha value is -3.05. The average molecular weight is 394 g/mol. The number of carbonyl (C=O) groups excluding carboxylic acids is 1. The van der Waals surface area contributed by atoms with E-state index in [0.29, 0.717) is 19.6 Å². The summed E-state index contributed by atoms with van der Waals surface area (Å²) < 4.78 is 5.37. The molecule has 0 aliphatic heterocycles. The number of esters is 1. The minimum absolute atomic E-state index is 0.0607. The Morgan fingerprint density at radius 2 is 1.93 bits per heavy atom. The molecule has 1 aromatic rings. The predicted octanol–water partition coefficient (Wildman–Crippen LogP) is 5.76. The van der Waals surface area contributed by atoms with Crippen LogP contribution in [0, 0.1) is 17.9 Å². The summed E-state index contributed by atoms with van der Waals surface area (Å²) in [6.45, 7) is 13.0. The van der Waals surface area contributed by atoms with Crippen molar-refractivity contribution in [3.05, 3.63) is 59.1 Å². The van der Waals surface area contributed by atoms with E-state index in [2.05, 4.69) is 23.6 Å². The molecular weight excluding hydrogens is 362 g/mol. The third-order valence-corrected chi connectivity index (χ3v) is 4.53. The standard InChI is InChI=1S/C24H31N3O2/c1-4-6-7-8-9-13-24(28)29-19-18-27(5-2)23-16-14-21(15-17-23)11-10-12-22(20-25)26-3/h10-12,14-17H,4-9,13,18-19H2,1-2H3/b11-10+,22-12-. The maximum Gasteiger partial charge on any atom is 0.305 e. The third-order valence-electron chi connectivity index (χ3n) is 4.53. The molecule has 0 N–H and O–H groups in total. The van der Waals surface area contributed by atoms with Gasteiger partial charge in [-0.05, 0) is 37.1 Å². The normalized spacial score (nSPS) is 11.1. The van der Waals surface area contributed by atoms with E-state index < -0.39 is 0 Å². The lowest BCUT2D eigenvalue weighted by Crippen LogP contribution is -2.27. The van der Waals surface area contributed by atoms with E-state index in [1.54, 1.807) is 6.08 Å². The summed E-state index contributed by atoms with van der Waals surface area (Å²) in [7, 11) is 0. The summed E-state index contributed by atoms with van der Waals surface area (Å²) in [6.07, 6.45) is 11.2. The molecule has 1 rings (SSSR count). The lowest BCUT2D eigenvalue weighted by atomic mass is 10.1. The van der Waals surface area contributed by atoms with Gasteiger partial charge in [-0.1, -0.05) is 56.9 Å². The number of benzene rings is 1. The van der Waals surface area contributed by atoms with Crippen LogP contribution >= 0.6 is 0 Å². The van der Waals surface area contributed by atoms with Crippen LogP contribution < -0.4 is 4.90 Å². The quantitative estimate of drug-likeness (QED) is 0.141. The van der Waals surface area contributed by atoms with Gasteiger partial charge in [0.1, 0.15) is 6.61 Å². The van der Waals surface area contributed by atoms with Crippen LogP contribution in [0.25, 0.3) is 10.9 Å². The number of anilines is 1. The van der Waals surface area contributed by atoms with Crippen LogP contribution in [-0.4, -0.2) is 25.7 Å². The van der Waals surface area contributed by atoms with Crippen LogP contribution in [-0.2, 0) is 9.53 Å². The van der Waals surface area contributed by atoms with Gasteiger partial charge in [-0.2, -0.15) is 0 Å². The Morgan fingerprint density at radius 1 is 1.21 bits per heavy atom. The van der Waals surface area contributed by atoms with E-state index in [1.807, 2.05) is 36.4 Å². The Kier molecular flexibility index (Phi) is 12.4. The summed E-state index contributed by atoms with van der Waals surface area (Å²) in [4.78, 5) is 17.1. The molecule has 0 fully saturated rings. The molecule has 29 heavy (non-hydrogen) atoms. The number of rotatable bonds is 13. The highest BCUT2D eigenvalue weighted by Gasteiger charge is 2.07. The van der Waals surface area contributed by atoms with Crippen molar-refractivity contribution in [1.82, 2.24) is 0 Å². The van der Waals surface area contributed by atoms with Gasteiger partial charge in [0.2, 0.25) is 0 Å². The molecule has 0 saturated carbocycles. The molecule has 0 aromatic heterocycles. The number of likely N-dealkylation sites (N-methyl/N-ethyl adjacent to an activating group) is 1. The van der Waals surface area contributed by atoms with Crippen molar-refractivity contribution >= 4 is 17.7 Å². The number of carbonyl (C=O) groups is 1. The zero-order valence-electron chi connectivity index (χ0n) is 17.6. The molecule has 0 bridgehead atoms. The SMILES string of the molecule is [C-]#[N+]/C(C#N)=C\C=C\c1ccc(N(CC)CCOC(=O)CCCCCCC)cc1. The Bertz CT molecular complexity index is 736. The van der Waals surface area contributed by atoms with Gasteiger partial charge in [0.25, 0.3) is 5.70 Å². The van der Waals surface area contributed by atoms with E-state index >= 15 is 0 Å². The summed E-state index contributed by atoms with van der Waals surface area (Å²) in [5, 5.41) is 8.72. The fraction of sp³-hybridized carbons (Fsp3) is 0.458. The van der Waals surface area contributed by atoms with Gasteiger partial charge in [0.05, 0.1) is 19.2 Å². The van der Waals surface area contributed by atoms with Gasteiger partial charge in [-0.3, -0.25) is 4.79 Å². The van der Waals surface area contributed by atoms with Crippen molar-refractivity contribution in [2.75, 3.05) is 24.6 Å². The predicted molar refractivity (Wildman–Crippen MR) is 118 cm³/mol. The Balaban J connectivity index is 2.44. The second-order valence-corrected chi connectivity index (χ2v) is 6.69. The molecule has 1 aromatic carbocycles. The van der Waals surface area contributed by atoms with Crippen LogP contribution in [0.2, 0.25) is 0 Å². The molecule has 0 atom stereocenters. The summed E-state index contributed by atoms with van der Waals surface area (Å²) in [6, 6.07) is 9.82. The van der Waals surface area contributed by atoms with Gasteiger partial charge in [-0.25, -0.2) is 10.1 Å². The van der Waals surface area contributed by atoms with Crippen LogP contribution in [0.4, 0.5) is 5.69 Å². The molecule has 0 unspecified atom stereocenters. The maximum atomic E-state index is 11.8. The van der Waals surface area contributed by atoms with Crippen molar-refractivity contribution in [1.29, 1.82) is 5.26 Å². The first kappa shape index (κ1) is 24.0. The molecule has 0 aliphatic carbocycles. The van der Waals surface area contributed by atoms with Crippen LogP contribution in [0.5, 0.6) is 0 Å². The molecule has 0 amide bonds. The van der Waals surface area contributed by atoms with Crippen molar-refractivity contribution < 1.29 is 9.53 Å². The first-order valence-corrected chi connectivity index (χ1v) is 10.3. The lowest BCUT2D eigenvalue weighted by molar-refractivity contribution is -0.143. The number of hydrogen-bond donors (Lipinski definition) is 0. The molecule has 0 heterocycles. The number of unbranched alkanes of at least 4 members (excludes halogenated alkanes) is 4. The van der Waals surface area contributed by atoms with Gasteiger partial charge in [0.15, 0.2) is 0 Å². The Labute approximate surface area is 175 Å². The second-order valence-electron chi connectivity index (χ2n) is 6.69. The van der Waals surface area contributed by atoms with Crippen molar-refractivity contribution in [3.8, 4) is 6.07 Å². The minimum atomic E-state index is -0.109. The number of nitriles is 1. The highest BCUT2D eigenvalue weighted by atomic mass is 16.5. The number of nitrogens with zero attached hydrogens (tertiary/aromatic N) is 3. The molecule has 0 aliphatic rings. The van der Waals surface area contributed by atoms with Gasteiger partial charge < -0.3 is 9.64 Å². The van der Waals surface area contributed by atoms with Crippen molar-refractivity contribution in [3.63, 3.8) is 0 Å². The molecule has 0 saturated heterocycles. The third kappa shape index (κ3) is 10.2. The molecule has 0 spiro atoms. The van der Waals surface area contributed by atoms with Crippen LogP contribution in [0.1, 0.15) is 57.9 Å². The van der Waals surface area contributed by atoms with E-state index in [0.717, 1.165) is 30.6 Å². The van der Waals surface area contributed by atoms with Gasteiger partial charge in [0, 0.05) is 18.7 Å². The van der Waals surface area contributed by atoms with E-state index in [9.17, 15) is 4.79 Å². The maximum absolute atomic E-state index is 11.8. The Morgan fingerprint density at radius 3 is 2.55 bits per heavy atom. The first-order valence-electron chi connectivity index (χ1n) is 10.3. The average Bonchev–Trinajstić information content (AvgIpc) is 2.75. The highest BCUT2D eigenvalue weighted by Crippen LogP contribution is 2.16. The molecule has 0 radical (unpaired) electrons. The van der Waals surface area contributed by atoms with Gasteiger partial charge in [-0.15, -0.1) is 0 Å². The summed E-state index contributed by atoms with van der Waals surface area (Å²) in [5.74, 6) is -0.109. The van der Waals surface area contributed by atoms with Gasteiger partial charge >= 0.3 is 5.97 Å². The number of hydrogen-bond acceptors (Lipinski definition) is 4. The summed E-state index contributed by atoms with van der Waals surface area (Å²) in [5.41, 5.74) is 2.11. The monoisotopic (exact) mass is 393 g/mol. The second kappa shape index (κ2) is 14.9. The first-order chi connectivity index (χ1) is 14.1. The summed E-state index contributed by atoms with van der Waals surface area (Å²) >= 11 is 0. The zero-order valence-corrected chi connectivity index (χ0v) is 17.6. The van der Waals surface area contributed by atoms with Crippen LogP contribution in [0.15, 0.2) is 42.1 Å². The molecule has 5 nitrogen and oxygen atoms in total. The number of allylic oxidation sites excluding steroid dienone is 3. The zero-order chi connectivity index (χ0) is 21.3. The molecular formula is C24H31N3O2. The minimum Gasteiger partial charge on any atom is -0.464 e. The fourth-order valence-corrected chi connectivity index (χ4v) is 2.83. The topological polar surface area (TPSA) is 57.7 Å². The van der Waals surface area contributed by atoms with E-state index in [4.69, 9.17) is 16.6 Å². The largest absolute Gasteiger partial charge is 0.464 e.